The van der Waals surface area contributed by atoms with Gasteiger partial charge >= 0.3 is 0 Å². The predicted octanol–water partition coefficient (Wildman–Crippen LogP) is 3.00. The molecule has 3 aliphatic heterocycles. The summed E-state index contributed by atoms with van der Waals surface area (Å²) in [6.07, 6.45) is 9.39. The van der Waals surface area contributed by atoms with E-state index >= 15 is 0 Å². The number of carbonyl (C=O) groups is 1. The first-order valence-electron chi connectivity index (χ1n) is 12.1. The molecule has 182 valence electrons. The highest BCUT2D eigenvalue weighted by Crippen LogP contribution is 2.36. The van der Waals surface area contributed by atoms with Gasteiger partial charge in [-0.05, 0) is 37.8 Å². The Morgan fingerprint density at radius 2 is 2.03 bits per heavy atom. The molecule has 10 nitrogen and oxygen atoms in total. The van der Waals surface area contributed by atoms with Crippen LogP contribution in [0.15, 0.2) is 36.8 Å². The summed E-state index contributed by atoms with van der Waals surface area (Å²) in [6, 6.07) is 6.45. The van der Waals surface area contributed by atoms with E-state index in [1.54, 1.807) is 17.8 Å². The third-order valence-electron chi connectivity index (χ3n) is 7.26. The first kappa shape index (κ1) is 22.0. The van der Waals surface area contributed by atoms with E-state index in [2.05, 4.69) is 38.6 Å². The number of nitrogens with one attached hydrogen (secondary N) is 2. The van der Waals surface area contributed by atoms with Crippen LogP contribution in [-0.2, 0) is 9.47 Å². The second-order valence-corrected chi connectivity index (χ2v) is 9.17. The van der Waals surface area contributed by atoms with Crippen LogP contribution in [-0.4, -0.2) is 69.6 Å². The number of carbonyl (C=O) groups excluding carboxylic acids is 1. The quantitative estimate of drug-likeness (QED) is 0.441. The zero-order valence-electron chi connectivity index (χ0n) is 19.9. The van der Waals surface area contributed by atoms with Crippen LogP contribution in [0.4, 0.5) is 5.82 Å². The van der Waals surface area contributed by atoms with Crippen LogP contribution in [0, 0.1) is 0 Å². The van der Waals surface area contributed by atoms with Crippen LogP contribution in [0.5, 0.6) is 0 Å². The summed E-state index contributed by atoms with van der Waals surface area (Å²) < 4.78 is 14.9. The minimum absolute atomic E-state index is 0.0123. The van der Waals surface area contributed by atoms with E-state index in [9.17, 15) is 4.79 Å². The molecule has 2 fully saturated rings. The van der Waals surface area contributed by atoms with Crippen molar-refractivity contribution in [3.05, 3.63) is 42.4 Å². The van der Waals surface area contributed by atoms with Gasteiger partial charge in [0.05, 0.1) is 24.0 Å². The highest BCUT2D eigenvalue weighted by molar-refractivity contribution is 6.00. The lowest BCUT2D eigenvalue weighted by atomic mass is 9.89. The summed E-state index contributed by atoms with van der Waals surface area (Å²) in [5.74, 6) is 1.48. The number of fused-ring (bicyclic) bond motifs is 2. The van der Waals surface area contributed by atoms with Crippen molar-refractivity contribution in [3.63, 3.8) is 0 Å². The molecule has 1 saturated heterocycles. The lowest BCUT2D eigenvalue weighted by Gasteiger charge is -2.35. The van der Waals surface area contributed by atoms with Crippen molar-refractivity contribution in [2.45, 2.75) is 43.9 Å². The standard InChI is InChI=1S/C25H29N7O3/c1-26-22-12-20(17-13-27-23-16(17)4-3-9-31(23)15-7-10-35-11-8-15)29-24-18(14-28-32(22)24)25(33)30-19-5-6-21(19)34-2/h3-4,9,12-15,19,21,26H,5-8,10-11H2,1-2H3,(H,30,33)/t19?,21-/m0/s1. The summed E-state index contributed by atoms with van der Waals surface area (Å²) in [5.41, 5.74) is 3.63. The van der Waals surface area contributed by atoms with E-state index < -0.39 is 0 Å². The second kappa shape index (κ2) is 8.94. The van der Waals surface area contributed by atoms with Gasteiger partial charge in [0.2, 0.25) is 0 Å². The van der Waals surface area contributed by atoms with Crippen molar-refractivity contribution in [1.82, 2.24) is 29.5 Å². The molecule has 0 spiro atoms. The molecule has 2 atom stereocenters. The molecule has 0 bridgehead atoms. The molecular weight excluding hydrogens is 446 g/mol. The van der Waals surface area contributed by atoms with Gasteiger partial charge in [-0.2, -0.15) is 9.61 Å². The third kappa shape index (κ3) is 3.73. The van der Waals surface area contributed by atoms with E-state index in [-0.39, 0.29) is 18.1 Å². The van der Waals surface area contributed by atoms with Crippen LogP contribution in [0.1, 0.15) is 42.1 Å². The Hall–Kier alpha value is -3.50. The van der Waals surface area contributed by atoms with Crippen molar-refractivity contribution >= 4 is 17.4 Å². The van der Waals surface area contributed by atoms with Crippen LogP contribution in [0.2, 0.25) is 0 Å². The lowest BCUT2D eigenvalue weighted by Crippen LogP contribution is -2.51. The van der Waals surface area contributed by atoms with Gasteiger partial charge in [-0.25, -0.2) is 9.97 Å². The average molecular weight is 476 g/mol. The van der Waals surface area contributed by atoms with Gasteiger partial charge in [0.25, 0.3) is 5.91 Å². The van der Waals surface area contributed by atoms with Gasteiger partial charge in [-0.15, -0.1) is 0 Å². The summed E-state index contributed by atoms with van der Waals surface area (Å²) in [4.78, 5) is 22.8. The highest BCUT2D eigenvalue weighted by Gasteiger charge is 2.33. The number of ether oxygens (including phenoxy) is 2. The van der Waals surface area contributed by atoms with Gasteiger partial charge in [0, 0.05) is 63.0 Å². The van der Waals surface area contributed by atoms with Gasteiger partial charge in [-0.1, -0.05) is 0 Å². The molecule has 2 N–H and O–H groups in total. The third-order valence-corrected chi connectivity index (χ3v) is 7.26. The van der Waals surface area contributed by atoms with Crippen molar-refractivity contribution in [2.75, 3.05) is 32.7 Å². The molecule has 35 heavy (non-hydrogen) atoms. The Labute approximate surface area is 203 Å². The topological polar surface area (TPSA) is 108 Å². The molecular formula is C25H29N7O3. The Morgan fingerprint density at radius 1 is 1.17 bits per heavy atom. The fourth-order valence-electron chi connectivity index (χ4n) is 5.12. The lowest BCUT2D eigenvalue weighted by molar-refractivity contribution is 0.00732. The number of hydrogen-bond donors (Lipinski definition) is 2. The van der Waals surface area contributed by atoms with Crippen LogP contribution in [0.3, 0.4) is 0 Å². The summed E-state index contributed by atoms with van der Waals surface area (Å²) in [7, 11) is 3.51. The molecule has 0 radical (unpaired) electrons. The number of aromatic nitrogens is 5. The molecule has 10 heteroatoms. The zero-order chi connectivity index (χ0) is 23.9. The average Bonchev–Trinajstić information content (AvgIpc) is 3.51. The fourth-order valence-corrected chi connectivity index (χ4v) is 5.12. The maximum absolute atomic E-state index is 13.1. The van der Waals surface area contributed by atoms with Crippen molar-refractivity contribution in [2.24, 2.45) is 0 Å². The van der Waals surface area contributed by atoms with Crippen LogP contribution >= 0.6 is 0 Å². The van der Waals surface area contributed by atoms with E-state index in [1.807, 2.05) is 19.3 Å². The number of amides is 1. The molecule has 5 heterocycles. The number of hydrogen-bond acceptors (Lipinski definition) is 7. The Morgan fingerprint density at radius 3 is 2.77 bits per heavy atom. The molecule has 2 aromatic rings. The normalized spacial score (nSPS) is 20.7. The smallest absolute Gasteiger partial charge is 0.257 e. The van der Waals surface area contributed by atoms with E-state index in [0.29, 0.717) is 17.3 Å². The van der Waals surface area contributed by atoms with Gasteiger partial charge < -0.3 is 24.7 Å². The predicted molar refractivity (Wildman–Crippen MR) is 131 cm³/mol. The molecule has 1 saturated carbocycles. The Kier molecular flexibility index (Phi) is 5.62. The minimum Gasteiger partial charge on any atom is -0.381 e. The maximum atomic E-state index is 13.1. The number of anilines is 1. The summed E-state index contributed by atoms with van der Waals surface area (Å²) in [5, 5.41) is 10.7. The Balaban J connectivity index is 1.38. The van der Waals surface area contributed by atoms with Gasteiger partial charge in [0.15, 0.2) is 5.65 Å². The molecule has 1 unspecified atom stereocenters. The van der Waals surface area contributed by atoms with Crippen molar-refractivity contribution < 1.29 is 14.3 Å². The monoisotopic (exact) mass is 475 g/mol. The highest BCUT2D eigenvalue weighted by atomic mass is 16.5. The number of methoxy groups -OCH3 is 1. The maximum Gasteiger partial charge on any atom is 0.257 e. The number of rotatable bonds is 6. The van der Waals surface area contributed by atoms with E-state index in [1.165, 1.54) is 0 Å². The van der Waals surface area contributed by atoms with Crippen LogP contribution in [0.25, 0.3) is 28.3 Å². The van der Waals surface area contributed by atoms with Gasteiger partial charge in [-0.3, -0.25) is 4.79 Å². The number of pyridine rings is 1. The molecule has 2 aromatic heterocycles. The first-order valence-corrected chi connectivity index (χ1v) is 12.1. The molecule has 0 aromatic carbocycles. The van der Waals surface area contributed by atoms with Crippen molar-refractivity contribution in [1.29, 1.82) is 0 Å². The summed E-state index contributed by atoms with van der Waals surface area (Å²) >= 11 is 0. The molecule has 6 rings (SSSR count). The molecule has 1 amide bonds. The minimum atomic E-state index is -0.193. The number of nitrogens with zero attached hydrogens (tertiary/aromatic N) is 5. The zero-order valence-corrected chi connectivity index (χ0v) is 19.9. The largest absolute Gasteiger partial charge is 0.381 e. The second-order valence-electron chi connectivity index (χ2n) is 9.17. The fraction of sp³-hybridized carbons (Fsp3) is 0.440. The molecule has 1 aliphatic carbocycles. The first-order chi connectivity index (χ1) is 17.2. The van der Waals surface area contributed by atoms with E-state index in [4.69, 9.17) is 19.4 Å². The Bertz CT molecular complexity index is 1340. The SMILES string of the molecule is CNc1cc(-c2cnc3n(C4CCOCC4)cccc2-3)nc2c(C(=O)NC3CC[C@@H]3OC)cnn12. The van der Waals surface area contributed by atoms with Gasteiger partial charge in [0.1, 0.15) is 17.2 Å². The molecule has 4 aliphatic rings. The summed E-state index contributed by atoms with van der Waals surface area (Å²) in [6.45, 7) is 1.53. The van der Waals surface area contributed by atoms with Crippen LogP contribution < -0.4 is 10.6 Å². The van der Waals surface area contributed by atoms with E-state index in [0.717, 1.165) is 67.4 Å². The van der Waals surface area contributed by atoms with Crippen molar-refractivity contribution in [3.8, 4) is 22.6 Å².